The van der Waals surface area contributed by atoms with Gasteiger partial charge in [0.2, 0.25) is 0 Å². The fraction of sp³-hybridized carbons (Fsp3) is 0.786. The summed E-state index contributed by atoms with van der Waals surface area (Å²) in [6.07, 6.45) is 2.66. The summed E-state index contributed by atoms with van der Waals surface area (Å²) in [5.74, 6) is 0.329. The number of hydrogen-bond donors (Lipinski definition) is 0. The smallest absolute Gasteiger partial charge is 0.435 e. The van der Waals surface area contributed by atoms with E-state index in [-0.39, 0.29) is 6.10 Å². The number of rotatable bonds is 3. The van der Waals surface area contributed by atoms with Gasteiger partial charge < -0.3 is 9.47 Å². The van der Waals surface area contributed by atoms with Crippen LogP contribution in [0.1, 0.15) is 33.1 Å². The predicted octanol–water partition coefficient (Wildman–Crippen LogP) is 4.15. The first-order valence-corrected chi connectivity index (χ1v) is 10.5. The first-order valence-electron chi connectivity index (χ1n) is 6.88. The highest BCUT2D eigenvalue weighted by Crippen LogP contribution is 2.32. The first kappa shape index (κ1) is 15.3. The largest absolute Gasteiger partial charge is 0.508 e. The van der Waals surface area contributed by atoms with Gasteiger partial charge in [0, 0.05) is 5.92 Å². The zero-order chi connectivity index (χ0) is 13.8. The molecule has 1 rings (SSSR count). The molecule has 3 nitrogen and oxygen atoms in total. The summed E-state index contributed by atoms with van der Waals surface area (Å²) in [7, 11) is -1.20. The van der Waals surface area contributed by atoms with Crippen molar-refractivity contribution in [2.24, 2.45) is 5.92 Å². The molecule has 1 aliphatic rings. The summed E-state index contributed by atoms with van der Waals surface area (Å²) in [5, 5.41) is 0. The third-order valence-corrected chi connectivity index (χ3v) is 4.46. The second-order valence-electron chi connectivity index (χ2n) is 6.11. The molecule has 1 fully saturated rings. The van der Waals surface area contributed by atoms with Crippen molar-refractivity contribution < 1.29 is 14.3 Å². The van der Waals surface area contributed by atoms with Crippen LogP contribution in [0.25, 0.3) is 0 Å². The standard InChI is InChI=1S/C14H26O3Si/c1-6-16-14(15)17-13-9-7-8-12(11(13)2)10-18(3,4)5/h10-11,13H,6-9H2,1-5H3/b12-10+. The van der Waals surface area contributed by atoms with E-state index in [0.29, 0.717) is 12.5 Å². The van der Waals surface area contributed by atoms with Gasteiger partial charge in [-0.05, 0) is 26.2 Å². The Morgan fingerprint density at radius 2 is 2.11 bits per heavy atom. The van der Waals surface area contributed by atoms with Crippen LogP contribution in [0.5, 0.6) is 0 Å². The van der Waals surface area contributed by atoms with Crippen molar-refractivity contribution in [1.82, 2.24) is 0 Å². The first-order chi connectivity index (χ1) is 8.33. The molecule has 0 aromatic heterocycles. The summed E-state index contributed by atoms with van der Waals surface area (Å²) in [6.45, 7) is 11.3. The molecule has 2 unspecified atom stereocenters. The van der Waals surface area contributed by atoms with Gasteiger partial charge in [-0.1, -0.05) is 37.8 Å². The van der Waals surface area contributed by atoms with E-state index in [1.54, 1.807) is 6.92 Å². The highest BCUT2D eigenvalue weighted by Gasteiger charge is 2.29. The van der Waals surface area contributed by atoms with E-state index in [0.717, 1.165) is 19.3 Å². The number of carbonyl (C=O) groups excluding carboxylic acids is 1. The summed E-state index contributed by atoms with van der Waals surface area (Å²) >= 11 is 0. The molecular weight excluding hydrogens is 244 g/mol. The molecule has 18 heavy (non-hydrogen) atoms. The van der Waals surface area contributed by atoms with E-state index in [1.165, 1.54) is 5.57 Å². The summed E-state index contributed by atoms with van der Waals surface area (Å²) in [6, 6.07) is 0. The van der Waals surface area contributed by atoms with Crippen LogP contribution in [0.4, 0.5) is 4.79 Å². The Hall–Kier alpha value is -0.773. The number of carbonyl (C=O) groups is 1. The average molecular weight is 270 g/mol. The minimum Gasteiger partial charge on any atom is -0.435 e. The summed E-state index contributed by atoms with van der Waals surface area (Å²) < 4.78 is 10.3. The number of hydrogen-bond acceptors (Lipinski definition) is 3. The van der Waals surface area contributed by atoms with E-state index in [9.17, 15) is 4.79 Å². The Morgan fingerprint density at radius 3 is 2.67 bits per heavy atom. The molecule has 0 bridgehead atoms. The van der Waals surface area contributed by atoms with E-state index < -0.39 is 14.2 Å². The normalized spacial score (nSPS) is 27.1. The molecule has 0 aromatic carbocycles. The zero-order valence-corrected chi connectivity index (χ0v) is 13.3. The van der Waals surface area contributed by atoms with Crippen LogP contribution in [0.15, 0.2) is 11.3 Å². The van der Waals surface area contributed by atoms with Gasteiger partial charge in [0.25, 0.3) is 0 Å². The molecule has 0 N–H and O–H groups in total. The average Bonchev–Trinajstić information content (AvgIpc) is 2.22. The minimum atomic E-state index is -1.20. The van der Waals surface area contributed by atoms with Crippen molar-refractivity contribution in [2.45, 2.75) is 58.9 Å². The zero-order valence-electron chi connectivity index (χ0n) is 12.3. The predicted molar refractivity (Wildman–Crippen MR) is 76.3 cm³/mol. The SMILES string of the molecule is CCOC(=O)OC1CCC/C(=C\[Si](C)(C)C)C1C. The van der Waals surface area contributed by atoms with Crippen LogP contribution in [0.2, 0.25) is 19.6 Å². The second kappa shape index (κ2) is 6.41. The molecule has 0 amide bonds. The van der Waals surface area contributed by atoms with Crippen molar-refractivity contribution >= 4 is 14.2 Å². The van der Waals surface area contributed by atoms with Crippen LogP contribution in [0.3, 0.4) is 0 Å². The van der Waals surface area contributed by atoms with E-state index >= 15 is 0 Å². The van der Waals surface area contributed by atoms with Crippen LogP contribution in [0, 0.1) is 5.92 Å². The van der Waals surface area contributed by atoms with E-state index in [4.69, 9.17) is 9.47 Å². The van der Waals surface area contributed by atoms with Crippen molar-refractivity contribution in [2.75, 3.05) is 6.61 Å². The van der Waals surface area contributed by atoms with Gasteiger partial charge in [-0.3, -0.25) is 0 Å². The third-order valence-electron chi connectivity index (χ3n) is 3.22. The van der Waals surface area contributed by atoms with Crippen LogP contribution in [-0.4, -0.2) is 26.9 Å². The van der Waals surface area contributed by atoms with Gasteiger partial charge in [0.05, 0.1) is 14.7 Å². The van der Waals surface area contributed by atoms with Crippen LogP contribution in [-0.2, 0) is 9.47 Å². The fourth-order valence-corrected chi connectivity index (χ4v) is 3.94. The third kappa shape index (κ3) is 4.84. The molecular formula is C14H26O3Si. The molecule has 1 saturated carbocycles. The van der Waals surface area contributed by atoms with Gasteiger partial charge in [0.1, 0.15) is 6.10 Å². The molecule has 0 aliphatic heterocycles. The highest BCUT2D eigenvalue weighted by molar-refractivity contribution is 6.81. The Morgan fingerprint density at radius 1 is 1.44 bits per heavy atom. The van der Waals surface area contributed by atoms with Gasteiger partial charge >= 0.3 is 6.16 Å². The Balaban J connectivity index is 2.67. The van der Waals surface area contributed by atoms with Crippen molar-refractivity contribution in [3.63, 3.8) is 0 Å². The lowest BCUT2D eigenvalue weighted by Gasteiger charge is -2.32. The lowest BCUT2D eigenvalue weighted by molar-refractivity contribution is 0.00386. The van der Waals surface area contributed by atoms with Gasteiger partial charge in [0.15, 0.2) is 0 Å². The fourth-order valence-electron chi connectivity index (χ4n) is 2.42. The molecule has 0 radical (unpaired) electrons. The molecule has 4 heteroatoms. The Kier molecular flexibility index (Phi) is 5.44. The maximum absolute atomic E-state index is 11.4. The summed E-state index contributed by atoms with van der Waals surface area (Å²) in [4.78, 5) is 11.4. The molecule has 0 heterocycles. The molecule has 2 atom stereocenters. The number of ether oxygens (including phenoxy) is 2. The van der Waals surface area contributed by atoms with Crippen LogP contribution < -0.4 is 0 Å². The van der Waals surface area contributed by atoms with Crippen molar-refractivity contribution in [1.29, 1.82) is 0 Å². The lowest BCUT2D eigenvalue weighted by atomic mass is 9.84. The van der Waals surface area contributed by atoms with E-state index in [2.05, 4.69) is 32.3 Å². The van der Waals surface area contributed by atoms with Gasteiger partial charge in [-0.15, -0.1) is 0 Å². The topological polar surface area (TPSA) is 35.5 Å². The quantitative estimate of drug-likeness (QED) is 0.571. The molecule has 104 valence electrons. The van der Waals surface area contributed by atoms with Gasteiger partial charge in [-0.25, -0.2) is 4.79 Å². The maximum Gasteiger partial charge on any atom is 0.508 e. The molecule has 0 spiro atoms. The maximum atomic E-state index is 11.4. The van der Waals surface area contributed by atoms with Crippen LogP contribution >= 0.6 is 0 Å². The van der Waals surface area contributed by atoms with Crippen molar-refractivity contribution in [3.8, 4) is 0 Å². The monoisotopic (exact) mass is 270 g/mol. The summed E-state index contributed by atoms with van der Waals surface area (Å²) in [5.41, 5.74) is 3.92. The molecule has 0 aromatic rings. The lowest BCUT2D eigenvalue weighted by Crippen LogP contribution is -2.31. The minimum absolute atomic E-state index is 0.0135. The van der Waals surface area contributed by atoms with Gasteiger partial charge in [-0.2, -0.15) is 0 Å². The highest BCUT2D eigenvalue weighted by atomic mass is 28.3. The Bertz CT molecular complexity index is 317. The molecule has 1 aliphatic carbocycles. The van der Waals surface area contributed by atoms with Crippen molar-refractivity contribution in [3.05, 3.63) is 11.3 Å². The van der Waals surface area contributed by atoms with E-state index in [1.807, 2.05) is 0 Å². The Labute approximate surface area is 112 Å². The second-order valence-corrected chi connectivity index (χ2v) is 11.1. The molecule has 0 saturated heterocycles.